The van der Waals surface area contributed by atoms with Crippen LogP contribution in [0, 0.1) is 10.1 Å². The molecule has 0 N–H and O–H groups in total. The van der Waals surface area contributed by atoms with Crippen molar-refractivity contribution < 1.29 is 9.72 Å². The van der Waals surface area contributed by atoms with Crippen molar-refractivity contribution in [3.05, 3.63) is 75.3 Å². The fourth-order valence-corrected chi connectivity index (χ4v) is 3.41. The van der Waals surface area contributed by atoms with Gasteiger partial charge in [0, 0.05) is 50.4 Å². The van der Waals surface area contributed by atoms with Gasteiger partial charge in [-0.05, 0) is 22.6 Å². The molecule has 1 heterocycles. The number of hydrogen-bond acceptors (Lipinski definition) is 4. The zero-order chi connectivity index (χ0) is 20.3. The summed E-state index contributed by atoms with van der Waals surface area (Å²) in [5.41, 5.74) is 3.07. The lowest BCUT2D eigenvalue weighted by Crippen LogP contribution is -2.48. The highest BCUT2D eigenvalue weighted by Crippen LogP contribution is 2.23. The molecule has 148 valence electrons. The number of carbonyl (C=O) groups excluding carboxylic acids is 1. The number of carbonyl (C=O) groups is 1. The summed E-state index contributed by atoms with van der Waals surface area (Å²) in [6.07, 6.45) is 0. The molecule has 1 aliphatic rings. The molecule has 0 unspecified atom stereocenters. The fraction of sp³-hybridized carbons (Fsp3) is 0.409. The normalized spacial score (nSPS) is 15.5. The Hall–Kier alpha value is -2.73. The number of piperazine rings is 1. The Morgan fingerprint density at radius 3 is 2.25 bits per heavy atom. The van der Waals surface area contributed by atoms with Crippen LogP contribution in [0.2, 0.25) is 0 Å². The lowest BCUT2D eigenvalue weighted by Gasteiger charge is -2.34. The van der Waals surface area contributed by atoms with Gasteiger partial charge in [-0.1, -0.05) is 51.1 Å². The average molecular weight is 381 g/mol. The Balaban J connectivity index is 1.56. The smallest absolute Gasteiger partial charge is 0.270 e. The summed E-state index contributed by atoms with van der Waals surface area (Å²) in [6.45, 7) is 10.3. The summed E-state index contributed by atoms with van der Waals surface area (Å²) < 4.78 is 0. The van der Waals surface area contributed by atoms with Crippen molar-refractivity contribution in [2.45, 2.75) is 32.7 Å². The third-order valence-corrected chi connectivity index (χ3v) is 5.19. The minimum Gasteiger partial charge on any atom is -0.336 e. The van der Waals surface area contributed by atoms with E-state index in [1.807, 2.05) is 0 Å². The first kappa shape index (κ1) is 20.0. The molecule has 2 aromatic rings. The second-order valence-corrected chi connectivity index (χ2v) is 8.32. The maximum atomic E-state index is 12.7. The molecule has 0 radical (unpaired) electrons. The molecule has 1 fully saturated rings. The van der Waals surface area contributed by atoms with Crippen LogP contribution in [0.4, 0.5) is 5.69 Å². The van der Waals surface area contributed by atoms with Gasteiger partial charge < -0.3 is 4.90 Å². The molecular formula is C22H27N3O3. The fourth-order valence-electron chi connectivity index (χ4n) is 3.41. The van der Waals surface area contributed by atoms with Crippen molar-refractivity contribution in [2.75, 3.05) is 26.2 Å². The number of non-ortho nitro benzene ring substituents is 1. The van der Waals surface area contributed by atoms with E-state index < -0.39 is 4.92 Å². The molecule has 0 aliphatic carbocycles. The highest BCUT2D eigenvalue weighted by molar-refractivity contribution is 5.94. The van der Waals surface area contributed by atoms with Gasteiger partial charge >= 0.3 is 0 Å². The summed E-state index contributed by atoms with van der Waals surface area (Å²) >= 11 is 0. The zero-order valence-electron chi connectivity index (χ0n) is 16.7. The van der Waals surface area contributed by atoms with Crippen molar-refractivity contribution in [1.29, 1.82) is 0 Å². The van der Waals surface area contributed by atoms with Crippen LogP contribution in [-0.4, -0.2) is 46.8 Å². The number of nitrogens with zero attached hydrogens (tertiary/aromatic N) is 3. The minimum atomic E-state index is -0.473. The van der Waals surface area contributed by atoms with Gasteiger partial charge in [0.15, 0.2) is 0 Å². The van der Waals surface area contributed by atoms with E-state index in [4.69, 9.17) is 0 Å². The highest BCUT2D eigenvalue weighted by atomic mass is 16.6. The molecule has 6 heteroatoms. The summed E-state index contributed by atoms with van der Waals surface area (Å²) in [5.74, 6) is -0.141. The third kappa shape index (κ3) is 4.75. The number of nitro groups is 1. The Bertz CT molecular complexity index is 848. The molecule has 6 nitrogen and oxygen atoms in total. The number of amides is 1. The van der Waals surface area contributed by atoms with Crippen LogP contribution in [-0.2, 0) is 12.0 Å². The highest BCUT2D eigenvalue weighted by Gasteiger charge is 2.23. The van der Waals surface area contributed by atoms with Gasteiger partial charge in [0.2, 0.25) is 0 Å². The van der Waals surface area contributed by atoms with E-state index in [1.54, 1.807) is 17.0 Å². The molecule has 0 atom stereocenters. The largest absolute Gasteiger partial charge is 0.336 e. The van der Waals surface area contributed by atoms with E-state index in [9.17, 15) is 14.9 Å². The van der Waals surface area contributed by atoms with E-state index in [2.05, 4.69) is 49.9 Å². The SMILES string of the molecule is CC(C)(C)c1ccc(CN2CCN(C(=O)c3cccc([N+](=O)[O-])c3)CC2)cc1. The van der Waals surface area contributed by atoms with Crippen molar-refractivity contribution >= 4 is 11.6 Å². The van der Waals surface area contributed by atoms with Crippen LogP contribution in [0.5, 0.6) is 0 Å². The Kier molecular flexibility index (Phi) is 5.79. The first-order chi connectivity index (χ1) is 13.2. The Morgan fingerprint density at radius 1 is 1.04 bits per heavy atom. The quantitative estimate of drug-likeness (QED) is 0.596. The average Bonchev–Trinajstić information content (AvgIpc) is 2.68. The topological polar surface area (TPSA) is 66.7 Å². The van der Waals surface area contributed by atoms with Crippen LogP contribution in [0.15, 0.2) is 48.5 Å². The maximum Gasteiger partial charge on any atom is 0.270 e. The predicted molar refractivity (Wildman–Crippen MR) is 109 cm³/mol. The van der Waals surface area contributed by atoms with Gasteiger partial charge in [0.25, 0.3) is 11.6 Å². The van der Waals surface area contributed by atoms with E-state index in [-0.39, 0.29) is 17.0 Å². The van der Waals surface area contributed by atoms with Crippen molar-refractivity contribution in [3.8, 4) is 0 Å². The molecule has 2 aromatic carbocycles. The zero-order valence-corrected chi connectivity index (χ0v) is 16.7. The first-order valence-corrected chi connectivity index (χ1v) is 9.59. The molecular weight excluding hydrogens is 354 g/mol. The van der Waals surface area contributed by atoms with E-state index >= 15 is 0 Å². The standard InChI is InChI=1S/C22H27N3O3/c1-22(2,3)19-9-7-17(8-10-19)16-23-11-13-24(14-12-23)21(26)18-5-4-6-20(15-18)25(27)28/h4-10,15H,11-14,16H2,1-3H3. The van der Waals surface area contributed by atoms with Gasteiger partial charge in [0.05, 0.1) is 4.92 Å². The van der Waals surface area contributed by atoms with Crippen LogP contribution >= 0.6 is 0 Å². The maximum absolute atomic E-state index is 12.7. The molecule has 3 rings (SSSR count). The number of hydrogen-bond donors (Lipinski definition) is 0. The van der Waals surface area contributed by atoms with E-state index in [0.717, 1.165) is 19.6 Å². The van der Waals surface area contributed by atoms with Gasteiger partial charge in [-0.2, -0.15) is 0 Å². The molecule has 1 amide bonds. The van der Waals surface area contributed by atoms with E-state index in [0.29, 0.717) is 18.7 Å². The molecule has 1 aliphatic heterocycles. The van der Waals surface area contributed by atoms with Gasteiger partial charge in [-0.3, -0.25) is 19.8 Å². The predicted octanol–water partition coefficient (Wildman–Crippen LogP) is 3.85. The van der Waals surface area contributed by atoms with Gasteiger partial charge in [0.1, 0.15) is 0 Å². The lowest BCUT2D eigenvalue weighted by atomic mass is 9.87. The minimum absolute atomic E-state index is 0.0526. The number of rotatable bonds is 4. The summed E-state index contributed by atoms with van der Waals surface area (Å²) in [5, 5.41) is 10.9. The van der Waals surface area contributed by atoms with Crippen LogP contribution in [0.3, 0.4) is 0 Å². The van der Waals surface area contributed by atoms with Crippen molar-refractivity contribution in [3.63, 3.8) is 0 Å². The molecule has 0 saturated carbocycles. The number of benzene rings is 2. The Morgan fingerprint density at radius 2 is 1.68 bits per heavy atom. The lowest BCUT2D eigenvalue weighted by molar-refractivity contribution is -0.384. The van der Waals surface area contributed by atoms with Gasteiger partial charge in [-0.15, -0.1) is 0 Å². The molecule has 0 spiro atoms. The molecule has 1 saturated heterocycles. The summed E-state index contributed by atoms with van der Waals surface area (Å²) in [4.78, 5) is 27.2. The van der Waals surface area contributed by atoms with Crippen molar-refractivity contribution in [2.24, 2.45) is 0 Å². The van der Waals surface area contributed by atoms with Crippen LogP contribution < -0.4 is 0 Å². The van der Waals surface area contributed by atoms with E-state index in [1.165, 1.54) is 23.3 Å². The van der Waals surface area contributed by atoms with Crippen LogP contribution in [0.25, 0.3) is 0 Å². The Labute approximate surface area is 165 Å². The number of nitro benzene ring substituents is 1. The molecule has 0 aromatic heterocycles. The third-order valence-electron chi connectivity index (χ3n) is 5.19. The summed E-state index contributed by atoms with van der Waals surface area (Å²) in [6, 6.07) is 14.7. The van der Waals surface area contributed by atoms with Crippen molar-refractivity contribution in [1.82, 2.24) is 9.80 Å². The second-order valence-electron chi connectivity index (χ2n) is 8.32. The monoisotopic (exact) mass is 381 g/mol. The summed E-state index contributed by atoms with van der Waals surface area (Å²) in [7, 11) is 0. The second kappa shape index (κ2) is 8.10. The van der Waals surface area contributed by atoms with Crippen LogP contribution in [0.1, 0.15) is 42.3 Å². The first-order valence-electron chi connectivity index (χ1n) is 9.59. The molecule has 0 bridgehead atoms. The molecule has 28 heavy (non-hydrogen) atoms. The van der Waals surface area contributed by atoms with Gasteiger partial charge in [-0.25, -0.2) is 0 Å².